The van der Waals surface area contributed by atoms with Gasteiger partial charge in [-0.3, -0.25) is 9.59 Å². The van der Waals surface area contributed by atoms with Gasteiger partial charge in [0, 0.05) is 5.56 Å². The van der Waals surface area contributed by atoms with Crippen molar-refractivity contribution >= 4 is 23.3 Å². The summed E-state index contributed by atoms with van der Waals surface area (Å²) in [6.45, 7) is 0. The molecular formula is C17H13NO4. The van der Waals surface area contributed by atoms with Gasteiger partial charge in [0.15, 0.2) is 5.78 Å². The largest absolute Gasteiger partial charge is 0.478 e. The van der Waals surface area contributed by atoms with Crippen molar-refractivity contribution < 1.29 is 19.5 Å². The minimum absolute atomic E-state index is 0.0294. The molecule has 1 aliphatic heterocycles. The third kappa shape index (κ3) is 2.48. The molecule has 0 radical (unpaired) electrons. The molecule has 1 unspecified atom stereocenters. The van der Waals surface area contributed by atoms with Crippen LogP contribution in [0.25, 0.3) is 0 Å². The number of aromatic carboxylic acids is 1. The zero-order valence-electron chi connectivity index (χ0n) is 11.6. The lowest BCUT2D eigenvalue weighted by Gasteiger charge is -2.23. The summed E-state index contributed by atoms with van der Waals surface area (Å²) in [4.78, 5) is 35.7. The van der Waals surface area contributed by atoms with E-state index < -0.39 is 11.9 Å². The number of amides is 1. The smallest absolute Gasteiger partial charge is 0.335 e. The van der Waals surface area contributed by atoms with E-state index in [4.69, 9.17) is 5.11 Å². The Balaban J connectivity index is 1.95. The molecule has 3 rings (SSSR count). The molecule has 0 aliphatic carbocycles. The van der Waals surface area contributed by atoms with Crippen LogP contribution in [0.5, 0.6) is 0 Å². The molecule has 0 bridgehead atoms. The van der Waals surface area contributed by atoms with Crippen molar-refractivity contribution in [3.63, 3.8) is 0 Å². The Morgan fingerprint density at radius 1 is 1.09 bits per heavy atom. The first-order chi connectivity index (χ1) is 10.6. The molecule has 0 aromatic heterocycles. The summed E-state index contributed by atoms with van der Waals surface area (Å²) in [5.74, 6) is -2.64. The van der Waals surface area contributed by atoms with Gasteiger partial charge >= 0.3 is 5.97 Å². The van der Waals surface area contributed by atoms with Crippen LogP contribution >= 0.6 is 0 Å². The number of benzene rings is 2. The highest BCUT2D eigenvalue weighted by molar-refractivity contribution is 6.21. The van der Waals surface area contributed by atoms with Crippen LogP contribution in [0.4, 0.5) is 5.69 Å². The van der Waals surface area contributed by atoms with E-state index in [-0.39, 0.29) is 22.8 Å². The molecule has 5 heteroatoms. The van der Waals surface area contributed by atoms with Crippen LogP contribution in [0.15, 0.2) is 48.5 Å². The molecule has 1 atom stereocenters. The van der Waals surface area contributed by atoms with Gasteiger partial charge in [-0.15, -0.1) is 0 Å². The maximum absolute atomic E-state index is 12.6. The second-order valence-corrected chi connectivity index (χ2v) is 5.16. The van der Waals surface area contributed by atoms with E-state index >= 15 is 0 Å². The second kappa shape index (κ2) is 5.44. The van der Waals surface area contributed by atoms with Gasteiger partial charge < -0.3 is 10.4 Å². The Hall–Kier alpha value is -2.95. The number of ketones is 1. The lowest BCUT2D eigenvalue weighted by atomic mass is 9.86. The average molecular weight is 295 g/mol. The van der Waals surface area contributed by atoms with Crippen molar-refractivity contribution in [2.24, 2.45) is 5.92 Å². The molecule has 2 aromatic carbocycles. The molecular weight excluding hydrogens is 282 g/mol. The predicted molar refractivity (Wildman–Crippen MR) is 80.0 cm³/mol. The summed E-state index contributed by atoms with van der Waals surface area (Å²) < 4.78 is 0. The second-order valence-electron chi connectivity index (χ2n) is 5.16. The molecule has 0 fully saturated rings. The Morgan fingerprint density at radius 2 is 1.82 bits per heavy atom. The summed E-state index contributed by atoms with van der Waals surface area (Å²) >= 11 is 0. The minimum atomic E-state index is -1.10. The molecule has 110 valence electrons. The molecule has 22 heavy (non-hydrogen) atoms. The molecule has 1 aliphatic rings. The van der Waals surface area contributed by atoms with E-state index in [0.29, 0.717) is 12.1 Å². The van der Waals surface area contributed by atoms with Crippen LogP contribution < -0.4 is 5.32 Å². The maximum atomic E-state index is 12.6. The summed E-state index contributed by atoms with van der Waals surface area (Å²) in [7, 11) is 0. The topological polar surface area (TPSA) is 83.5 Å². The number of carboxylic acid groups (broad SMARTS) is 1. The molecule has 0 saturated heterocycles. The van der Waals surface area contributed by atoms with Gasteiger partial charge in [0.25, 0.3) is 0 Å². The van der Waals surface area contributed by atoms with Crippen molar-refractivity contribution in [2.75, 3.05) is 5.32 Å². The maximum Gasteiger partial charge on any atom is 0.335 e. The SMILES string of the molecule is O=C(O)c1ccc2c(c1)C(=O)C(Cc1ccccc1)C(=O)N2. The van der Waals surface area contributed by atoms with E-state index in [9.17, 15) is 14.4 Å². The number of hydrogen-bond donors (Lipinski definition) is 2. The van der Waals surface area contributed by atoms with E-state index in [1.54, 1.807) is 0 Å². The van der Waals surface area contributed by atoms with Crippen LogP contribution in [0.3, 0.4) is 0 Å². The normalized spacial score (nSPS) is 16.8. The van der Waals surface area contributed by atoms with Gasteiger partial charge in [0.1, 0.15) is 5.92 Å². The Morgan fingerprint density at radius 3 is 2.50 bits per heavy atom. The van der Waals surface area contributed by atoms with Gasteiger partial charge in [-0.2, -0.15) is 0 Å². The molecule has 1 amide bonds. The third-order valence-electron chi connectivity index (χ3n) is 3.71. The molecule has 0 spiro atoms. The van der Waals surface area contributed by atoms with Crippen molar-refractivity contribution in [3.8, 4) is 0 Å². The lowest BCUT2D eigenvalue weighted by molar-refractivity contribution is -0.118. The average Bonchev–Trinajstić information content (AvgIpc) is 2.52. The number of hydrogen-bond acceptors (Lipinski definition) is 3. The zero-order valence-corrected chi connectivity index (χ0v) is 11.6. The van der Waals surface area contributed by atoms with Crippen molar-refractivity contribution in [1.82, 2.24) is 0 Å². The fourth-order valence-corrected chi connectivity index (χ4v) is 2.55. The number of nitrogens with one attached hydrogen (secondary N) is 1. The quantitative estimate of drug-likeness (QED) is 0.852. The fourth-order valence-electron chi connectivity index (χ4n) is 2.55. The van der Waals surface area contributed by atoms with Crippen molar-refractivity contribution in [1.29, 1.82) is 0 Å². The Labute approximate surface area is 126 Å². The summed E-state index contributed by atoms with van der Waals surface area (Å²) in [5, 5.41) is 11.7. The highest BCUT2D eigenvalue weighted by Gasteiger charge is 2.34. The first-order valence-electron chi connectivity index (χ1n) is 6.82. The highest BCUT2D eigenvalue weighted by atomic mass is 16.4. The van der Waals surface area contributed by atoms with E-state index in [0.717, 1.165) is 5.56 Å². The fraction of sp³-hybridized carbons (Fsp3) is 0.118. The standard InChI is InChI=1S/C17H13NO4/c19-15-12-9-11(17(21)22)6-7-14(12)18-16(20)13(15)8-10-4-2-1-3-5-10/h1-7,9,13H,8H2,(H,18,20)(H,21,22). The number of anilines is 1. The van der Waals surface area contributed by atoms with E-state index in [2.05, 4.69) is 5.32 Å². The molecule has 2 aromatic rings. The molecule has 5 nitrogen and oxygen atoms in total. The number of rotatable bonds is 3. The predicted octanol–water partition coefficient (Wildman–Crippen LogP) is 2.38. The van der Waals surface area contributed by atoms with Gasteiger partial charge in [0.05, 0.1) is 11.3 Å². The lowest BCUT2D eigenvalue weighted by Crippen LogP contribution is -2.36. The van der Waals surface area contributed by atoms with Gasteiger partial charge in [-0.05, 0) is 30.2 Å². The van der Waals surface area contributed by atoms with E-state index in [1.807, 2.05) is 30.3 Å². The van der Waals surface area contributed by atoms with Gasteiger partial charge in [-0.1, -0.05) is 30.3 Å². The minimum Gasteiger partial charge on any atom is -0.478 e. The number of carbonyl (C=O) groups is 3. The van der Waals surface area contributed by atoms with Crippen LogP contribution in [-0.2, 0) is 11.2 Å². The molecule has 2 N–H and O–H groups in total. The van der Waals surface area contributed by atoms with Crippen LogP contribution in [-0.4, -0.2) is 22.8 Å². The summed E-state index contributed by atoms with van der Waals surface area (Å²) in [6.07, 6.45) is 0.294. The number of Topliss-reactive ketones (excluding diaryl/α,β-unsaturated/α-hetero) is 1. The Kier molecular flexibility index (Phi) is 3.47. The number of carbonyl (C=O) groups excluding carboxylic acids is 2. The molecule has 1 heterocycles. The van der Waals surface area contributed by atoms with Gasteiger partial charge in [-0.25, -0.2) is 4.79 Å². The Bertz CT molecular complexity index is 767. The van der Waals surface area contributed by atoms with Crippen molar-refractivity contribution in [2.45, 2.75) is 6.42 Å². The van der Waals surface area contributed by atoms with Crippen LogP contribution in [0.2, 0.25) is 0 Å². The van der Waals surface area contributed by atoms with Crippen LogP contribution in [0, 0.1) is 5.92 Å². The molecule has 0 saturated carbocycles. The van der Waals surface area contributed by atoms with Crippen molar-refractivity contribution in [3.05, 3.63) is 65.2 Å². The van der Waals surface area contributed by atoms with E-state index in [1.165, 1.54) is 18.2 Å². The van der Waals surface area contributed by atoms with Crippen LogP contribution in [0.1, 0.15) is 26.3 Å². The summed E-state index contributed by atoms with van der Waals surface area (Å²) in [6, 6.07) is 13.4. The monoisotopic (exact) mass is 295 g/mol. The zero-order chi connectivity index (χ0) is 15.7. The first kappa shape index (κ1) is 14.0. The first-order valence-corrected chi connectivity index (χ1v) is 6.82. The number of carboxylic acids is 1. The third-order valence-corrected chi connectivity index (χ3v) is 3.71. The summed E-state index contributed by atoms with van der Waals surface area (Å²) in [5.41, 5.74) is 1.53. The highest BCUT2D eigenvalue weighted by Crippen LogP contribution is 2.28. The number of fused-ring (bicyclic) bond motifs is 1. The van der Waals surface area contributed by atoms with Gasteiger partial charge in [0.2, 0.25) is 5.91 Å².